The molecule has 0 aliphatic heterocycles. The van der Waals surface area contributed by atoms with E-state index in [0.717, 1.165) is 38.5 Å². The lowest BCUT2D eigenvalue weighted by Gasteiger charge is -2.24. The lowest BCUT2D eigenvalue weighted by atomic mass is 9.79. The van der Waals surface area contributed by atoms with Gasteiger partial charge in [-0.15, -0.1) is 0 Å². The minimum Gasteiger partial charge on any atom is -0.352 e. The molecular weight excluding hydrogens is 1550 g/mol. The van der Waals surface area contributed by atoms with Gasteiger partial charge in [-0.05, 0) is 128 Å². The van der Waals surface area contributed by atoms with Crippen molar-refractivity contribution in [3.05, 3.63) is 264 Å². The van der Waals surface area contributed by atoms with E-state index in [0.29, 0.717) is 111 Å². The predicted octanol–water partition coefficient (Wildman–Crippen LogP) is 8.96. The van der Waals surface area contributed by atoms with Crippen LogP contribution in [0.25, 0.3) is 166 Å². The van der Waals surface area contributed by atoms with Gasteiger partial charge in [-0.25, -0.2) is 0 Å². The van der Waals surface area contributed by atoms with Crippen LogP contribution < -0.4 is 112 Å². The highest BCUT2D eigenvalue weighted by molar-refractivity contribution is 6.36. The van der Waals surface area contributed by atoms with E-state index in [-0.39, 0.29) is 178 Å². The number of hydrogen-bond acceptors (Lipinski definition) is 15. The summed E-state index contributed by atoms with van der Waals surface area (Å²) in [4.78, 5) is 229. The molecule has 0 bridgehead atoms. The van der Waals surface area contributed by atoms with Crippen molar-refractivity contribution in [2.45, 2.75) is 136 Å². The fourth-order valence-electron chi connectivity index (χ4n) is 19.7. The smallest absolute Gasteiger partial charge is 0.251 e. The Morgan fingerprint density at radius 1 is 0.203 bits per heavy atom. The minimum absolute atomic E-state index is 0.0176. The number of rotatable bonds is 27. The van der Waals surface area contributed by atoms with Gasteiger partial charge >= 0.3 is 0 Å². The average Bonchev–Trinajstić information content (AvgIpc) is 0.690. The number of amides is 6. The molecule has 6 N–H and O–H groups in total. The Kier molecular flexibility index (Phi) is 19.4. The lowest BCUT2D eigenvalue weighted by Crippen LogP contribution is -2.40. The van der Waals surface area contributed by atoms with Gasteiger partial charge in [-0.1, -0.05) is 135 Å². The Morgan fingerprint density at radius 2 is 0.350 bits per heavy atom. The second-order valence-electron chi connectivity index (χ2n) is 33.5. The van der Waals surface area contributed by atoms with Crippen LogP contribution in [0.15, 0.2) is 134 Å². The second kappa shape index (κ2) is 30.3. The van der Waals surface area contributed by atoms with Crippen LogP contribution in [-0.4, -0.2) is 74.7 Å². The van der Waals surface area contributed by atoms with Gasteiger partial charge < -0.3 is 31.9 Å². The van der Waals surface area contributed by atoms with Gasteiger partial charge in [0.1, 0.15) is 0 Å². The first kappa shape index (κ1) is 78.9. The highest BCUT2D eigenvalue weighted by Crippen LogP contribution is 2.42. The summed E-state index contributed by atoms with van der Waals surface area (Å²) >= 11 is 0. The van der Waals surface area contributed by atoms with Gasteiger partial charge in [0.05, 0.1) is 0 Å². The Hall–Kier alpha value is -14.0. The molecule has 0 saturated heterocycles. The van der Waals surface area contributed by atoms with Gasteiger partial charge in [0.25, 0.3) is 35.4 Å². The van der Waals surface area contributed by atoms with Crippen LogP contribution in [-0.2, 0) is 0 Å². The SMILES string of the molecule is CCCCNC(=O)c1cc2c(=O)c3c4c(c(=O)c5cc(C(=O)NCCCC)cc6c(=O)c(c1)c2c4c56)=CC(c1cc(C2C=c4c(=O)c5cc(C(=O)NCCCC)cc6c(=O)c7cc(C(=O)NCCCC)cc8c(=O)c(c4c(c56)c87)=C2)cc(C2C=c4c(=O)c5cc(C(=O)NCCCC)cc6c(=O)c7cc(C(=O)NCCCC)cc8c(=O)c(c4c(c56)c87)=C2)c1)C=3. The molecule has 0 atom stereocenters. The van der Waals surface area contributed by atoms with Crippen LogP contribution >= 0.6 is 0 Å². The molecule has 3 aliphatic rings. The Labute approximate surface area is 697 Å². The summed E-state index contributed by atoms with van der Waals surface area (Å²) in [6, 6.07) is 23.0. The maximum Gasteiger partial charge on any atom is 0.251 e. The molecule has 16 aromatic rings. The van der Waals surface area contributed by atoms with E-state index >= 15 is 43.2 Å². The predicted molar refractivity (Wildman–Crippen MR) is 489 cm³/mol. The lowest BCUT2D eigenvalue weighted by molar-refractivity contribution is 0.0945. The molecule has 0 heterocycles. The van der Waals surface area contributed by atoms with Crippen molar-refractivity contribution in [1.29, 1.82) is 0 Å². The second-order valence-corrected chi connectivity index (χ2v) is 33.5. The van der Waals surface area contributed by atoms with Gasteiger partial charge in [0.15, 0.2) is 48.9 Å². The molecule has 0 aromatic heterocycles. The fraction of sp³-hybridized carbons (Fsp3) is 0.265. The molecule has 19 rings (SSSR count). The molecule has 3 aliphatic carbocycles. The maximum atomic E-state index is 16.2. The van der Waals surface area contributed by atoms with Crippen LogP contribution in [0, 0.1) is 0 Å². The normalized spacial score (nSPS) is 13.5. The molecule has 0 unspecified atom stereocenters. The van der Waals surface area contributed by atoms with Crippen LogP contribution in [0.2, 0.25) is 0 Å². The Bertz CT molecular complexity index is 7200. The first-order valence-electron chi connectivity index (χ1n) is 42.9. The Balaban J connectivity index is 0.918. The Morgan fingerprint density at radius 3 is 0.496 bits per heavy atom. The van der Waals surface area contributed by atoms with E-state index in [1.54, 1.807) is 36.5 Å². The largest absolute Gasteiger partial charge is 0.352 e. The number of unbranched alkanes of at least 4 members (excludes halogenated alkanes) is 6. The highest BCUT2D eigenvalue weighted by atomic mass is 16.2. The number of benzene rings is 16. The highest BCUT2D eigenvalue weighted by Gasteiger charge is 2.34. The molecule has 123 heavy (non-hydrogen) atoms. The van der Waals surface area contributed by atoms with E-state index in [1.165, 1.54) is 72.8 Å². The van der Waals surface area contributed by atoms with Crippen molar-refractivity contribution in [2.75, 3.05) is 39.3 Å². The van der Waals surface area contributed by atoms with Crippen LogP contribution in [0.5, 0.6) is 0 Å². The molecule has 0 saturated carbocycles. The van der Waals surface area contributed by atoms with Crippen molar-refractivity contribution in [3.63, 3.8) is 0 Å². The van der Waals surface area contributed by atoms with Crippen molar-refractivity contribution in [1.82, 2.24) is 31.9 Å². The van der Waals surface area contributed by atoms with Crippen LogP contribution in [0.4, 0.5) is 0 Å². The first-order valence-corrected chi connectivity index (χ1v) is 42.9. The third-order valence-electron chi connectivity index (χ3n) is 25.8. The zero-order valence-electron chi connectivity index (χ0n) is 68.7. The van der Waals surface area contributed by atoms with Crippen molar-refractivity contribution in [2.24, 2.45) is 0 Å². The number of carbonyl (C=O) groups is 6. The molecule has 612 valence electrons. The molecule has 16 aromatic carbocycles. The third-order valence-corrected chi connectivity index (χ3v) is 25.8. The molecular formula is C102H84N6O15. The summed E-state index contributed by atoms with van der Waals surface area (Å²) in [6.07, 6.45) is 18.6. The van der Waals surface area contributed by atoms with E-state index in [2.05, 4.69) is 31.9 Å². The van der Waals surface area contributed by atoms with E-state index in [4.69, 9.17) is 0 Å². The third kappa shape index (κ3) is 12.2. The van der Waals surface area contributed by atoms with Crippen molar-refractivity contribution in [3.8, 4) is 0 Å². The summed E-state index contributed by atoms with van der Waals surface area (Å²) < 4.78 is 0. The van der Waals surface area contributed by atoms with Gasteiger partial charge in [-0.3, -0.25) is 71.9 Å². The van der Waals surface area contributed by atoms with Crippen LogP contribution in [0.3, 0.4) is 0 Å². The van der Waals surface area contributed by atoms with E-state index < -0.39 is 102 Å². The number of hydrogen-bond donors (Lipinski definition) is 6. The van der Waals surface area contributed by atoms with E-state index in [9.17, 15) is 28.8 Å². The monoisotopic (exact) mass is 1630 g/mol. The summed E-state index contributed by atoms with van der Waals surface area (Å²) in [5.74, 6) is -6.48. The molecule has 0 radical (unpaired) electrons. The van der Waals surface area contributed by atoms with Gasteiger partial charge in [0.2, 0.25) is 0 Å². The first-order chi connectivity index (χ1) is 59.5. The average molecular weight is 1630 g/mol. The fourth-order valence-corrected chi connectivity index (χ4v) is 19.7. The summed E-state index contributed by atoms with van der Waals surface area (Å²) in [5.41, 5.74) is -4.13. The summed E-state index contributed by atoms with van der Waals surface area (Å²) in [7, 11) is 0. The van der Waals surface area contributed by atoms with Crippen LogP contribution in [0.1, 0.15) is 215 Å². The molecule has 0 fully saturated rings. The van der Waals surface area contributed by atoms with Gasteiger partial charge in [0, 0.05) is 251 Å². The molecule has 21 heteroatoms. The van der Waals surface area contributed by atoms with E-state index in [1.807, 2.05) is 59.7 Å². The summed E-state index contributed by atoms with van der Waals surface area (Å²) in [6.45, 7) is 13.6. The van der Waals surface area contributed by atoms with Crippen molar-refractivity contribution < 1.29 is 28.8 Å². The standard InChI is InChI=1S/C102H84N6O15/c1-7-13-19-103-97(118)52-34-64-79-70(40-52)94(115)71-41-53(98(119)104-20-14-8-2)35-65-80(71)85(79)76-58(88(64)109)28-49(29-59(76)89(65)110)46-25-47(50-30-60-77-61(31-50)91(112)67-37-55(100(121)106-22-16-10-4)43-73-82(67)86(77)81-66(90(60)111)36-54(42-72(81)95(73)116)99(120)105-21-15-9-3)27-48(26-46)51-32-62-78-63(33-51)93(114)69-39-57(102(123)108-24-18-12-6)45-75-84(69)87(78)83-68(92(62)113)38-56(44-74(83)96(75)117)101(122)107-23-17-11-5/h25-45,49-51H,7-24H2,1-6H3,(H,103,118)(H,104,119)(H,105,120)(H,106,121)(H,107,122)(H,108,123). The zero-order valence-corrected chi connectivity index (χ0v) is 68.7. The molecule has 21 nitrogen and oxygen atoms in total. The minimum atomic E-state index is -1.08. The van der Waals surface area contributed by atoms with Gasteiger partial charge in [-0.2, -0.15) is 0 Å². The summed E-state index contributed by atoms with van der Waals surface area (Å²) in [5, 5.41) is 21.4. The number of nitrogens with one attached hydrogen (secondary N) is 6. The topological polar surface area (TPSA) is 328 Å². The maximum absolute atomic E-state index is 16.2. The van der Waals surface area contributed by atoms with Crippen molar-refractivity contribution >= 4 is 201 Å². The number of carbonyl (C=O) groups excluding carboxylic acids is 6. The quantitative estimate of drug-likeness (QED) is 0.0159. The molecule has 6 amide bonds. The molecule has 0 spiro atoms. The zero-order chi connectivity index (χ0) is 85.7.